The summed E-state index contributed by atoms with van der Waals surface area (Å²) in [6.45, 7) is 0. The minimum Gasteiger partial charge on any atom is -0.495 e. The van der Waals surface area contributed by atoms with Crippen LogP contribution in [0.4, 0.5) is 17.2 Å². The molecule has 3 aromatic rings. The van der Waals surface area contributed by atoms with Crippen LogP contribution in [0, 0.1) is 11.3 Å². The maximum Gasteiger partial charge on any atom is 0.274 e. The van der Waals surface area contributed by atoms with Crippen LogP contribution in [0.15, 0.2) is 54.9 Å². The first-order valence-corrected chi connectivity index (χ1v) is 8.21. The van der Waals surface area contributed by atoms with Crippen molar-refractivity contribution in [2.24, 2.45) is 0 Å². The highest BCUT2D eigenvalue weighted by molar-refractivity contribution is 6.31. The third-order valence-electron chi connectivity index (χ3n) is 3.62. The zero-order chi connectivity index (χ0) is 19.2. The highest BCUT2D eigenvalue weighted by atomic mass is 35.5. The number of para-hydroxylation sites is 1. The van der Waals surface area contributed by atoms with Gasteiger partial charge in [0.25, 0.3) is 5.91 Å². The zero-order valence-corrected chi connectivity index (χ0v) is 15.0. The molecule has 27 heavy (non-hydrogen) atoms. The molecule has 0 saturated carbocycles. The van der Waals surface area contributed by atoms with Gasteiger partial charge in [-0.2, -0.15) is 5.26 Å². The fourth-order valence-electron chi connectivity index (χ4n) is 2.34. The van der Waals surface area contributed by atoms with Gasteiger partial charge in [0.1, 0.15) is 29.7 Å². The Bertz CT molecular complexity index is 1030. The zero-order valence-electron chi connectivity index (χ0n) is 14.2. The van der Waals surface area contributed by atoms with Crippen molar-refractivity contribution in [3.8, 4) is 11.8 Å². The molecule has 2 N–H and O–H groups in total. The molecule has 3 rings (SSSR count). The minimum atomic E-state index is -0.449. The number of hydrogen-bond donors (Lipinski definition) is 2. The fourth-order valence-corrected chi connectivity index (χ4v) is 2.51. The minimum absolute atomic E-state index is 0.143. The van der Waals surface area contributed by atoms with Gasteiger partial charge < -0.3 is 15.4 Å². The number of halogens is 1. The fraction of sp³-hybridized carbons (Fsp3) is 0.0526. The Labute approximate surface area is 160 Å². The molecular formula is C19H14ClN5O2. The summed E-state index contributed by atoms with van der Waals surface area (Å²) < 4.78 is 5.22. The average Bonchev–Trinajstić information content (AvgIpc) is 2.69. The number of amides is 1. The first kappa shape index (κ1) is 18.2. The molecule has 1 amide bonds. The number of carbonyl (C=O) groups is 1. The van der Waals surface area contributed by atoms with Crippen molar-refractivity contribution in [1.82, 2.24) is 9.97 Å². The Hall–Kier alpha value is -3.63. The number of nitrogens with one attached hydrogen (secondary N) is 2. The van der Waals surface area contributed by atoms with Gasteiger partial charge in [0.05, 0.1) is 24.0 Å². The predicted octanol–water partition coefficient (Wildman–Crippen LogP) is 4.01. The number of methoxy groups -OCH3 is 1. The molecule has 0 saturated heterocycles. The van der Waals surface area contributed by atoms with E-state index in [9.17, 15) is 4.79 Å². The van der Waals surface area contributed by atoms with Crippen LogP contribution in [-0.2, 0) is 0 Å². The Kier molecular flexibility index (Phi) is 5.50. The van der Waals surface area contributed by atoms with E-state index in [0.717, 1.165) is 0 Å². The van der Waals surface area contributed by atoms with E-state index < -0.39 is 5.91 Å². The van der Waals surface area contributed by atoms with E-state index in [1.54, 1.807) is 42.5 Å². The summed E-state index contributed by atoms with van der Waals surface area (Å²) in [6.07, 6.45) is 1.27. The molecule has 2 aromatic carbocycles. The number of anilines is 3. The topological polar surface area (TPSA) is 99.9 Å². The van der Waals surface area contributed by atoms with Gasteiger partial charge in [-0.3, -0.25) is 4.79 Å². The van der Waals surface area contributed by atoms with Gasteiger partial charge in [-0.05, 0) is 30.3 Å². The van der Waals surface area contributed by atoms with E-state index >= 15 is 0 Å². The molecule has 0 aliphatic rings. The standard InChI is InChI=1S/C19H14ClN5O2/c1-27-17-7-6-13(20)8-15(17)25-19(26)16-9-18(23-11-22-16)24-14-5-3-2-4-12(14)10-21/h2-9,11H,1H3,(H,25,26)(H,22,23,24). The van der Waals surface area contributed by atoms with Crippen LogP contribution in [0.25, 0.3) is 0 Å². The molecule has 0 aliphatic heterocycles. The summed E-state index contributed by atoms with van der Waals surface area (Å²) in [7, 11) is 1.50. The second-order valence-corrected chi connectivity index (χ2v) is 5.81. The van der Waals surface area contributed by atoms with E-state index in [0.29, 0.717) is 33.5 Å². The number of carbonyl (C=O) groups excluding carboxylic acids is 1. The van der Waals surface area contributed by atoms with Crippen molar-refractivity contribution in [2.45, 2.75) is 0 Å². The number of benzene rings is 2. The number of aromatic nitrogens is 2. The Balaban J connectivity index is 1.82. The SMILES string of the molecule is COc1ccc(Cl)cc1NC(=O)c1cc(Nc2ccccc2C#N)ncn1. The van der Waals surface area contributed by atoms with Crippen molar-refractivity contribution in [2.75, 3.05) is 17.7 Å². The normalized spacial score (nSPS) is 9.96. The third kappa shape index (κ3) is 4.32. The smallest absolute Gasteiger partial charge is 0.274 e. The second kappa shape index (κ2) is 8.17. The summed E-state index contributed by atoms with van der Waals surface area (Å²) in [5.41, 5.74) is 1.62. The van der Waals surface area contributed by atoms with Gasteiger partial charge in [-0.1, -0.05) is 23.7 Å². The van der Waals surface area contributed by atoms with Gasteiger partial charge in [0.15, 0.2) is 0 Å². The average molecular weight is 380 g/mol. The Morgan fingerprint density at radius 2 is 1.96 bits per heavy atom. The molecule has 0 bridgehead atoms. The quantitative estimate of drug-likeness (QED) is 0.694. The maximum atomic E-state index is 12.5. The lowest BCUT2D eigenvalue weighted by Crippen LogP contribution is -2.15. The van der Waals surface area contributed by atoms with Crippen LogP contribution in [0.5, 0.6) is 5.75 Å². The van der Waals surface area contributed by atoms with Crippen LogP contribution < -0.4 is 15.4 Å². The summed E-state index contributed by atoms with van der Waals surface area (Å²) >= 11 is 5.98. The van der Waals surface area contributed by atoms with Gasteiger partial charge in [-0.15, -0.1) is 0 Å². The van der Waals surface area contributed by atoms with Crippen LogP contribution >= 0.6 is 11.6 Å². The van der Waals surface area contributed by atoms with E-state index in [1.807, 2.05) is 0 Å². The van der Waals surface area contributed by atoms with E-state index in [1.165, 1.54) is 19.5 Å². The monoisotopic (exact) mass is 379 g/mol. The highest BCUT2D eigenvalue weighted by Gasteiger charge is 2.13. The van der Waals surface area contributed by atoms with Gasteiger partial charge >= 0.3 is 0 Å². The van der Waals surface area contributed by atoms with Crippen LogP contribution in [0.1, 0.15) is 16.1 Å². The van der Waals surface area contributed by atoms with E-state index in [-0.39, 0.29) is 5.69 Å². The van der Waals surface area contributed by atoms with Gasteiger partial charge in [0.2, 0.25) is 0 Å². The highest BCUT2D eigenvalue weighted by Crippen LogP contribution is 2.28. The van der Waals surface area contributed by atoms with Crippen molar-refractivity contribution in [3.05, 3.63) is 71.1 Å². The van der Waals surface area contributed by atoms with Crippen molar-refractivity contribution < 1.29 is 9.53 Å². The number of nitrogens with zero attached hydrogens (tertiary/aromatic N) is 3. The third-order valence-corrected chi connectivity index (χ3v) is 3.85. The molecular weight excluding hydrogens is 366 g/mol. The molecule has 8 heteroatoms. The lowest BCUT2D eigenvalue weighted by atomic mass is 10.2. The van der Waals surface area contributed by atoms with E-state index in [4.69, 9.17) is 21.6 Å². The Morgan fingerprint density at radius 3 is 2.74 bits per heavy atom. The Morgan fingerprint density at radius 1 is 1.15 bits per heavy atom. The summed E-state index contributed by atoms with van der Waals surface area (Å²) in [5.74, 6) is 0.411. The molecule has 0 aliphatic carbocycles. The first-order chi connectivity index (χ1) is 13.1. The molecule has 7 nitrogen and oxygen atoms in total. The van der Waals surface area contributed by atoms with Crippen LogP contribution in [-0.4, -0.2) is 23.0 Å². The molecule has 0 atom stereocenters. The lowest BCUT2D eigenvalue weighted by molar-refractivity contribution is 0.102. The lowest BCUT2D eigenvalue weighted by Gasteiger charge is -2.11. The second-order valence-electron chi connectivity index (χ2n) is 5.37. The predicted molar refractivity (Wildman–Crippen MR) is 102 cm³/mol. The summed E-state index contributed by atoms with van der Waals surface area (Å²) in [4.78, 5) is 20.6. The molecule has 0 spiro atoms. The van der Waals surface area contributed by atoms with Gasteiger partial charge in [0, 0.05) is 11.1 Å². The van der Waals surface area contributed by atoms with Crippen molar-refractivity contribution >= 4 is 34.7 Å². The van der Waals surface area contributed by atoms with Gasteiger partial charge in [-0.25, -0.2) is 9.97 Å². The molecule has 0 radical (unpaired) electrons. The van der Waals surface area contributed by atoms with Crippen molar-refractivity contribution in [1.29, 1.82) is 5.26 Å². The molecule has 0 unspecified atom stereocenters. The number of hydrogen-bond acceptors (Lipinski definition) is 6. The largest absolute Gasteiger partial charge is 0.495 e. The van der Waals surface area contributed by atoms with E-state index in [2.05, 4.69) is 26.7 Å². The van der Waals surface area contributed by atoms with Crippen molar-refractivity contribution in [3.63, 3.8) is 0 Å². The first-order valence-electron chi connectivity index (χ1n) is 7.84. The van der Waals surface area contributed by atoms with Crippen LogP contribution in [0.2, 0.25) is 5.02 Å². The number of rotatable bonds is 5. The van der Waals surface area contributed by atoms with Crippen LogP contribution in [0.3, 0.4) is 0 Å². The molecule has 1 heterocycles. The maximum absolute atomic E-state index is 12.5. The molecule has 0 fully saturated rings. The number of ether oxygens (including phenoxy) is 1. The summed E-state index contributed by atoms with van der Waals surface area (Å²) in [5, 5.41) is 15.4. The number of nitriles is 1. The summed E-state index contributed by atoms with van der Waals surface area (Å²) in [6, 6.07) is 15.5. The molecule has 1 aromatic heterocycles. The molecule has 134 valence electrons.